The molecule has 1 aliphatic heterocycles. The van der Waals surface area contributed by atoms with Crippen molar-refractivity contribution in [3.8, 4) is 0 Å². The smallest absolute Gasteiger partial charge is 0.147 e. The zero-order valence-electron chi connectivity index (χ0n) is 13.6. The van der Waals surface area contributed by atoms with E-state index < -0.39 is 9.84 Å². The number of hydrogen-bond acceptors (Lipinski definition) is 4. The van der Waals surface area contributed by atoms with Crippen LogP contribution in [0.3, 0.4) is 0 Å². The molecule has 1 aliphatic carbocycles. The molecule has 3 rings (SSSR count). The van der Waals surface area contributed by atoms with Crippen molar-refractivity contribution < 1.29 is 8.42 Å². The Labute approximate surface area is 133 Å². The van der Waals surface area contributed by atoms with Gasteiger partial charge < -0.3 is 4.98 Å². The summed E-state index contributed by atoms with van der Waals surface area (Å²) in [6, 6.07) is 0.340. The molecule has 0 amide bonds. The van der Waals surface area contributed by atoms with E-state index in [9.17, 15) is 8.42 Å². The summed E-state index contributed by atoms with van der Waals surface area (Å²) >= 11 is 0. The Balaban J connectivity index is 1.69. The number of rotatable bonds is 5. The van der Waals surface area contributed by atoms with Crippen molar-refractivity contribution >= 4 is 9.84 Å². The zero-order valence-corrected chi connectivity index (χ0v) is 14.5. The van der Waals surface area contributed by atoms with Crippen LogP contribution in [0.1, 0.15) is 55.9 Å². The Morgan fingerprint density at radius 1 is 1.32 bits per heavy atom. The molecule has 22 heavy (non-hydrogen) atoms. The molecular weight excluding hydrogens is 298 g/mol. The summed E-state index contributed by atoms with van der Waals surface area (Å²) in [4.78, 5) is 10.8. The van der Waals surface area contributed by atoms with E-state index in [1.165, 1.54) is 36.9 Å². The van der Waals surface area contributed by atoms with Gasteiger partial charge in [0.2, 0.25) is 0 Å². The summed E-state index contributed by atoms with van der Waals surface area (Å²) in [5.41, 5.74) is 2.59. The summed E-state index contributed by atoms with van der Waals surface area (Å²) < 4.78 is 22.9. The normalized spacial score (nSPS) is 24.4. The second-order valence-corrected chi connectivity index (χ2v) is 9.29. The second-order valence-electron chi connectivity index (χ2n) is 7.10. The van der Waals surface area contributed by atoms with Crippen molar-refractivity contribution in [2.24, 2.45) is 5.92 Å². The first-order chi connectivity index (χ1) is 10.4. The van der Waals surface area contributed by atoms with E-state index in [4.69, 9.17) is 4.98 Å². The van der Waals surface area contributed by atoms with Crippen molar-refractivity contribution in [2.45, 2.75) is 51.5 Å². The predicted octanol–water partition coefficient (Wildman–Crippen LogP) is 2.11. The molecule has 2 atom stereocenters. The predicted molar refractivity (Wildman–Crippen MR) is 87.7 cm³/mol. The Morgan fingerprint density at radius 2 is 2.09 bits per heavy atom. The largest absolute Gasteiger partial charge is 0.344 e. The van der Waals surface area contributed by atoms with Gasteiger partial charge in [0.05, 0.1) is 17.5 Å². The summed E-state index contributed by atoms with van der Waals surface area (Å²) in [7, 11) is -2.90. The molecule has 0 saturated carbocycles. The number of aryl methyl sites for hydroxylation is 2. The number of nitrogens with one attached hydrogen (secondary N) is 1. The highest BCUT2D eigenvalue weighted by molar-refractivity contribution is 7.90. The number of fused-ring (bicyclic) bond motifs is 1. The first-order valence-corrected chi connectivity index (χ1v) is 10.5. The number of hydrogen-bond donors (Lipinski definition) is 1. The molecule has 0 bridgehead atoms. The Kier molecular flexibility index (Phi) is 4.59. The molecule has 1 aromatic rings. The van der Waals surface area contributed by atoms with E-state index >= 15 is 0 Å². The van der Waals surface area contributed by atoms with Crippen molar-refractivity contribution in [1.29, 1.82) is 0 Å². The fourth-order valence-corrected chi connectivity index (χ4v) is 5.10. The van der Waals surface area contributed by atoms with Crippen LogP contribution in [0.5, 0.6) is 0 Å². The summed E-state index contributed by atoms with van der Waals surface area (Å²) in [6.07, 6.45) is 8.35. The molecule has 0 spiro atoms. The molecule has 2 aliphatic rings. The van der Waals surface area contributed by atoms with E-state index in [0.29, 0.717) is 6.04 Å². The third-order valence-electron chi connectivity index (χ3n) is 4.79. The van der Waals surface area contributed by atoms with Gasteiger partial charge in [-0.15, -0.1) is 0 Å². The molecule has 124 valence electrons. The fraction of sp³-hybridized carbons (Fsp3) is 0.812. The number of sulfone groups is 1. The Morgan fingerprint density at radius 3 is 2.82 bits per heavy atom. The first-order valence-electron chi connectivity index (χ1n) is 8.42. The highest BCUT2D eigenvalue weighted by Crippen LogP contribution is 2.32. The highest BCUT2D eigenvalue weighted by atomic mass is 32.2. The van der Waals surface area contributed by atoms with Crippen LogP contribution in [0.15, 0.2) is 0 Å². The van der Waals surface area contributed by atoms with Gasteiger partial charge in [-0.2, -0.15) is 0 Å². The molecule has 0 unspecified atom stereocenters. The van der Waals surface area contributed by atoms with E-state index in [1.807, 2.05) is 6.92 Å². The summed E-state index contributed by atoms with van der Waals surface area (Å²) in [6.45, 7) is 3.91. The SMILES string of the molecule is C[C@H](CN1CCC[C@H]1c1nc2c([nH]1)CCCC2)CS(C)(=O)=O. The minimum atomic E-state index is -2.90. The van der Waals surface area contributed by atoms with E-state index in [2.05, 4.69) is 9.88 Å². The lowest BCUT2D eigenvalue weighted by Crippen LogP contribution is -2.31. The van der Waals surface area contributed by atoms with Crippen molar-refractivity contribution in [3.63, 3.8) is 0 Å². The van der Waals surface area contributed by atoms with Gasteiger partial charge in [-0.05, 0) is 51.0 Å². The van der Waals surface area contributed by atoms with Crippen LogP contribution in [0.25, 0.3) is 0 Å². The summed E-state index contributed by atoms with van der Waals surface area (Å²) in [5, 5.41) is 0. The first kappa shape index (κ1) is 16.0. The maximum Gasteiger partial charge on any atom is 0.147 e. The number of nitrogens with zero attached hydrogens (tertiary/aromatic N) is 2. The molecule has 1 fully saturated rings. The van der Waals surface area contributed by atoms with E-state index in [1.54, 1.807) is 0 Å². The minimum absolute atomic E-state index is 0.167. The average molecular weight is 325 g/mol. The van der Waals surface area contributed by atoms with Crippen molar-refractivity contribution in [1.82, 2.24) is 14.9 Å². The lowest BCUT2D eigenvalue weighted by Gasteiger charge is -2.25. The topological polar surface area (TPSA) is 66.1 Å². The molecule has 0 radical (unpaired) electrons. The van der Waals surface area contributed by atoms with Gasteiger partial charge in [0.25, 0.3) is 0 Å². The van der Waals surface area contributed by atoms with Gasteiger partial charge in [-0.3, -0.25) is 4.90 Å². The van der Waals surface area contributed by atoms with Gasteiger partial charge in [0, 0.05) is 18.5 Å². The van der Waals surface area contributed by atoms with Crippen LogP contribution in [-0.2, 0) is 22.7 Å². The van der Waals surface area contributed by atoms with Crippen LogP contribution >= 0.6 is 0 Å². The van der Waals surface area contributed by atoms with Crippen LogP contribution < -0.4 is 0 Å². The van der Waals surface area contributed by atoms with E-state index in [-0.39, 0.29) is 11.7 Å². The number of aromatic nitrogens is 2. The molecule has 1 N–H and O–H groups in total. The number of imidazole rings is 1. The van der Waals surface area contributed by atoms with Crippen LogP contribution in [0.2, 0.25) is 0 Å². The molecule has 2 heterocycles. The molecule has 6 heteroatoms. The molecule has 1 saturated heterocycles. The molecule has 5 nitrogen and oxygen atoms in total. The Bertz CT molecular complexity index is 600. The average Bonchev–Trinajstić information content (AvgIpc) is 3.01. The monoisotopic (exact) mass is 325 g/mol. The van der Waals surface area contributed by atoms with Gasteiger partial charge in [0.15, 0.2) is 0 Å². The zero-order chi connectivity index (χ0) is 15.7. The molecule has 0 aromatic carbocycles. The highest BCUT2D eigenvalue weighted by Gasteiger charge is 2.31. The van der Waals surface area contributed by atoms with Gasteiger partial charge in [-0.25, -0.2) is 13.4 Å². The molecular formula is C16H27N3O2S. The lowest BCUT2D eigenvalue weighted by molar-refractivity contribution is 0.223. The Hall–Kier alpha value is -0.880. The van der Waals surface area contributed by atoms with Crippen molar-refractivity contribution in [3.05, 3.63) is 17.2 Å². The van der Waals surface area contributed by atoms with Crippen LogP contribution in [-0.4, -0.2) is 48.4 Å². The maximum atomic E-state index is 11.5. The number of likely N-dealkylation sites (tertiary alicyclic amines) is 1. The van der Waals surface area contributed by atoms with Crippen molar-refractivity contribution in [2.75, 3.05) is 25.1 Å². The van der Waals surface area contributed by atoms with Gasteiger partial charge in [-0.1, -0.05) is 6.92 Å². The number of H-pyrrole nitrogens is 1. The second kappa shape index (κ2) is 6.32. The maximum absolute atomic E-state index is 11.5. The van der Waals surface area contributed by atoms with E-state index in [0.717, 1.165) is 38.2 Å². The van der Waals surface area contributed by atoms with Crippen LogP contribution in [0, 0.1) is 5.92 Å². The molecule has 1 aromatic heterocycles. The number of aromatic amines is 1. The van der Waals surface area contributed by atoms with Crippen LogP contribution in [0.4, 0.5) is 0 Å². The van der Waals surface area contributed by atoms with Gasteiger partial charge >= 0.3 is 0 Å². The standard InChI is InChI=1S/C16H27N3O2S/c1-12(11-22(2,20)21)10-19-9-5-8-15(19)16-17-13-6-3-4-7-14(13)18-16/h12,15H,3-11H2,1-2H3,(H,17,18)/t12-,15+/m1/s1. The van der Waals surface area contributed by atoms with Gasteiger partial charge in [0.1, 0.15) is 15.7 Å². The lowest BCUT2D eigenvalue weighted by atomic mass is 10.0. The third-order valence-corrected chi connectivity index (χ3v) is 5.96. The fourth-order valence-electron chi connectivity index (χ4n) is 3.96. The summed E-state index contributed by atoms with van der Waals surface area (Å²) in [5.74, 6) is 1.54. The minimum Gasteiger partial charge on any atom is -0.344 e. The quantitative estimate of drug-likeness (QED) is 0.900. The third kappa shape index (κ3) is 3.71.